The second kappa shape index (κ2) is 10.5. The number of nitrogens with zero attached hydrogens (tertiary/aromatic N) is 2. The molecule has 0 fully saturated rings. The number of hydrogen-bond donors (Lipinski definition) is 1. The van der Waals surface area contributed by atoms with E-state index in [0.717, 1.165) is 41.8 Å². The second-order valence-electron chi connectivity index (χ2n) is 8.05. The van der Waals surface area contributed by atoms with Gasteiger partial charge in [0.05, 0.1) is 24.2 Å². The number of fused-ring (bicyclic) bond motifs is 1. The highest BCUT2D eigenvalue weighted by molar-refractivity contribution is 6.31. The van der Waals surface area contributed by atoms with E-state index in [1.54, 1.807) is 31.4 Å². The molecule has 0 bridgehead atoms. The van der Waals surface area contributed by atoms with Crippen LogP contribution in [0.15, 0.2) is 72.8 Å². The molecule has 1 heterocycles. The molecule has 1 unspecified atom stereocenters. The lowest BCUT2D eigenvalue weighted by molar-refractivity contribution is 0.0934. The van der Waals surface area contributed by atoms with Gasteiger partial charge in [-0.05, 0) is 60.9 Å². The molecule has 6 heteroatoms. The van der Waals surface area contributed by atoms with Gasteiger partial charge in [-0.25, -0.2) is 4.98 Å². The van der Waals surface area contributed by atoms with Crippen LogP contribution in [0.5, 0.6) is 5.75 Å². The third-order valence-electron chi connectivity index (χ3n) is 5.73. The van der Waals surface area contributed by atoms with Gasteiger partial charge in [0.2, 0.25) is 0 Å². The van der Waals surface area contributed by atoms with Crippen molar-refractivity contribution >= 4 is 28.5 Å². The number of carbonyl (C=O) groups is 1. The van der Waals surface area contributed by atoms with Gasteiger partial charge in [-0.3, -0.25) is 4.79 Å². The summed E-state index contributed by atoms with van der Waals surface area (Å²) in [6.45, 7) is 3.00. The lowest BCUT2D eigenvalue weighted by atomic mass is 10.0. The van der Waals surface area contributed by atoms with Crippen LogP contribution in [0.1, 0.15) is 47.6 Å². The lowest BCUT2D eigenvalue weighted by Gasteiger charge is -2.21. The van der Waals surface area contributed by atoms with Crippen LogP contribution >= 0.6 is 11.6 Å². The molecule has 1 amide bonds. The normalized spacial score (nSPS) is 12.0. The number of benzene rings is 3. The molecule has 1 aromatic heterocycles. The van der Waals surface area contributed by atoms with Crippen molar-refractivity contribution in [3.63, 3.8) is 0 Å². The molecule has 0 radical (unpaired) electrons. The van der Waals surface area contributed by atoms with Crippen LogP contribution in [0.2, 0.25) is 5.02 Å². The highest BCUT2D eigenvalue weighted by atomic mass is 35.5. The van der Waals surface area contributed by atoms with E-state index < -0.39 is 0 Å². The summed E-state index contributed by atoms with van der Waals surface area (Å²) in [5.74, 6) is 1.41. The van der Waals surface area contributed by atoms with Crippen LogP contribution in [-0.4, -0.2) is 22.6 Å². The van der Waals surface area contributed by atoms with Crippen molar-refractivity contribution in [3.05, 3.63) is 94.8 Å². The first-order chi connectivity index (χ1) is 16.1. The van der Waals surface area contributed by atoms with Gasteiger partial charge in [0.15, 0.2) is 0 Å². The molecule has 1 N–H and O–H groups in total. The minimum Gasteiger partial charge on any atom is -0.497 e. The summed E-state index contributed by atoms with van der Waals surface area (Å²) >= 11 is 6.25. The van der Waals surface area contributed by atoms with Crippen LogP contribution in [0.4, 0.5) is 0 Å². The third-order valence-corrected chi connectivity index (χ3v) is 5.96. The van der Waals surface area contributed by atoms with E-state index in [0.29, 0.717) is 22.8 Å². The molecule has 33 heavy (non-hydrogen) atoms. The fourth-order valence-corrected chi connectivity index (χ4v) is 4.15. The Kier molecular flexibility index (Phi) is 7.30. The summed E-state index contributed by atoms with van der Waals surface area (Å²) < 4.78 is 7.44. The van der Waals surface area contributed by atoms with Crippen molar-refractivity contribution in [2.75, 3.05) is 7.11 Å². The molecule has 0 saturated carbocycles. The van der Waals surface area contributed by atoms with Crippen LogP contribution < -0.4 is 10.1 Å². The van der Waals surface area contributed by atoms with Crippen LogP contribution in [0.25, 0.3) is 11.0 Å². The van der Waals surface area contributed by atoms with Crippen LogP contribution in [-0.2, 0) is 13.0 Å². The molecule has 0 saturated heterocycles. The molecule has 0 spiro atoms. The minimum atomic E-state index is -0.301. The molecule has 4 rings (SSSR count). The van der Waals surface area contributed by atoms with Gasteiger partial charge < -0.3 is 14.6 Å². The summed E-state index contributed by atoms with van der Waals surface area (Å²) in [5.41, 5.74) is 3.57. The molecule has 3 aromatic carbocycles. The number of nitrogens with one attached hydrogen (secondary N) is 1. The van der Waals surface area contributed by atoms with Gasteiger partial charge in [0.1, 0.15) is 11.6 Å². The maximum absolute atomic E-state index is 13.2. The molecule has 4 aromatic rings. The predicted molar refractivity (Wildman–Crippen MR) is 133 cm³/mol. The van der Waals surface area contributed by atoms with Crippen LogP contribution in [0.3, 0.4) is 0 Å². The summed E-state index contributed by atoms with van der Waals surface area (Å²) in [4.78, 5) is 18.1. The first-order valence-electron chi connectivity index (χ1n) is 11.2. The second-order valence-corrected chi connectivity index (χ2v) is 8.49. The molecule has 1 atom stereocenters. The number of unbranched alkanes of at least 4 members (excludes halogenated alkanes) is 1. The van der Waals surface area contributed by atoms with E-state index in [9.17, 15) is 4.79 Å². The molecular formula is C27H28ClN3O2. The topological polar surface area (TPSA) is 56.2 Å². The van der Waals surface area contributed by atoms with E-state index >= 15 is 0 Å². The SMILES string of the molecule is CCCCn1c(C(Cc2ccccc2)NC(=O)c2ccc(OC)cc2)nc2cc(Cl)ccc21. The molecule has 0 aliphatic heterocycles. The van der Waals surface area contributed by atoms with Crippen molar-refractivity contribution in [2.45, 2.75) is 38.8 Å². The maximum Gasteiger partial charge on any atom is 0.251 e. The fraction of sp³-hybridized carbons (Fsp3) is 0.259. The number of halogens is 1. The lowest BCUT2D eigenvalue weighted by Crippen LogP contribution is -2.32. The van der Waals surface area contributed by atoms with Crippen molar-refractivity contribution in [3.8, 4) is 5.75 Å². The largest absolute Gasteiger partial charge is 0.497 e. The summed E-state index contributed by atoms with van der Waals surface area (Å²) in [7, 11) is 1.61. The van der Waals surface area contributed by atoms with Gasteiger partial charge >= 0.3 is 0 Å². The zero-order valence-corrected chi connectivity index (χ0v) is 19.7. The Morgan fingerprint density at radius 1 is 1.09 bits per heavy atom. The van der Waals surface area contributed by atoms with Crippen molar-refractivity contribution in [1.82, 2.24) is 14.9 Å². The number of imidazole rings is 1. The summed E-state index contributed by atoms with van der Waals surface area (Å²) in [6.07, 6.45) is 2.71. The summed E-state index contributed by atoms with van der Waals surface area (Å²) in [5, 5.41) is 3.88. The number of methoxy groups -OCH3 is 1. The average molecular weight is 462 g/mol. The fourth-order valence-electron chi connectivity index (χ4n) is 3.98. The van der Waals surface area contributed by atoms with Crippen molar-refractivity contribution < 1.29 is 9.53 Å². The Hall–Kier alpha value is -3.31. The molecule has 170 valence electrons. The quantitative estimate of drug-likeness (QED) is 0.322. The minimum absolute atomic E-state index is 0.147. The van der Waals surface area contributed by atoms with Gasteiger partial charge in [-0.2, -0.15) is 0 Å². The van der Waals surface area contributed by atoms with E-state index in [1.807, 2.05) is 36.4 Å². The highest BCUT2D eigenvalue weighted by Gasteiger charge is 2.23. The van der Waals surface area contributed by atoms with Gasteiger partial charge in [-0.15, -0.1) is 0 Å². The zero-order chi connectivity index (χ0) is 23.2. The molecule has 0 aliphatic carbocycles. The Morgan fingerprint density at radius 3 is 2.55 bits per heavy atom. The van der Waals surface area contributed by atoms with Gasteiger partial charge in [0.25, 0.3) is 5.91 Å². The third kappa shape index (κ3) is 5.37. The standard InChI is InChI=1S/C27H28ClN3O2/c1-3-4-16-31-25-15-12-21(28)18-23(25)29-26(31)24(17-19-8-6-5-7-9-19)30-27(32)20-10-13-22(33-2)14-11-20/h5-15,18,24H,3-4,16-17H2,1-2H3,(H,30,32). The number of ether oxygens (including phenoxy) is 1. The number of aromatic nitrogens is 2. The van der Waals surface area contributed by atoms with Gasteiger partial charge in [0, 0.05) is 17.1 Å². The first-order valence-corrected chi connectivity index (χ1v) is 11.6. The zero-order valence-electron chi connectivity index (χ0n) is 18.9. The van der Waals surface area contributed by atoms with E-state index in [2.05, 4.69) is 28.9 Å². The molecular weight excluding hydrogens is 434 g/mol. The maximum atomic E-state index is 13.2. The predicted octanol–water partition coefficient (Wildman–Crippen LogP) is 6.21. The Morgan fingerprint density at radius 2 is 1.85 bits per heavy atom. The number of rotatable bonds is 9. The number of amides is 1. The summed E-state index contributed by atoms with van der Waals surface area (Å²) in [6, 6.07) is 22.8. The average Bonchev–Trinajstić information content (AvgIpc) is 3.20. The number of aryl methyl sites for hydroxylation is 1. The Bertz CT molecular complexity index is 1220. The van der Waals surface area contributed by atoms with Crippen molar-refractivity contribution in [1.29, 1.82) is 0 Å². The van der Waals surface area contributed by atoms with Crippen molar-refractivity contribution in [2.24, 2.45) is 0 Å². The van der Waals surface area contributed by atoms with Gasteiger partial charge in [-0.1, -0.05) is 55.3 Å². The number of carbonyl (C=O) groups excluding carboxylic acids is 1. The molecule has 5 nitrogen and oxygen atoms in total. The van der Waals surface area contributed by atoms with Crippen LogP contribution in [0, 0.1) is 0 Å². The Balaban J connectivity index is 1.73. The number of hydrogen-bond acceptors (Lipinski definition) is 3. The Labute approximate surface area is 199 Å². The van der Waals surface area contributed by atoms with E-state index in [1.165, 1.54) is 0 Å². The van der Waals surface area contributed by atoms with E-state index in [4.69, 9.17) is 21.3 Å². The van der Waals surface area contributed by atoms with E-state index in [-0.39, 0.29) is 11.9 Å². The molecule has 0 aliphatic rings. The highest BCUT2D eigenvalue weighted by Crippen LogP contribution is 2.27. The first kappa shape index (κ1) is 22.9. The smallest absolute Gasteiger partial charge is 0.251 e. The monoisotopic (exact) mass is 461 g/mol.